The Balaban J connectivity index is 2.82. The molecule has 0 radical (unpaired) electrons. The molecule has 0 rings (SSSR count). The molecule has 48 valence electrons. The molecule has 4 nitrogen and oxygen atoms in total. The average molecular weight is 117 g/mol. The zero-order chi connectivity index (χ0) is 6.41. The third kappa shape index (κ3) is 5.39. The van der Waals surface area contributed by atoms with Gasteiger partial charge in [0.2, 0.25) is 5.91 Å². The Morgan fingerprint density at radius 3 is 2.62 bits per heavy atom. The predicted molar refractivity (Wildman–Crippen MR) is 30.9 cm³/mol. The van der Waals surface area contributed by atoms with Gasteiger partial charge in [0.1, 0.15) is 0 Å². The lowest BCUT2D eigenvalue weighted by molar-refractivity contribution is -0.118. The minimum atomic E-state index is -0.0275. The summed E-state index contributed by atoms with van der Waals surface area (Å²) in [5.41, 5.74) is 2.41. The van der Waals surface area contributed by atoms with Crippen LogP contribution in [0.4, 0.5) is 0 Å². The number of rotatable bonds is 3. The van der Waals surface area contributed by atoms with Gasteiger partial charge in [-0.2, -0.15) is 0 Å². The van der Waals surface area contributed by atoms with Gasteiger partial charge in [0.15, 0.2) is 0 Å². The molecule has 4 heteroatoms. The van der Waals surface area contributed by atoms with Crippen molar-refractivity contribution in [3.8, 4) is 0 Å². The molecule has 0 aromatic carbocycles. The quantitative estimate of drug-likeness (QED) is 0.241. The van der Waals surface area contributed by atoms with Crippen molar-refractivity contribution in [3.63, 3.8) is 0 Å². The van der Waals surface area contributed by atoms with E-state index in [-0.39, 0.29) is 5.91 Å². The van der Waals surface area contributed by atoms with Crippen molar-refractivity contribution in [2.24, 2.45) is 5.84 Å². The minimum Gasteiger partial charge on any atom is -0.355 e. The number of hydrogen-bond acceptors (Lipinski definition) is 3. The first kappa shape index (κ1) is 7.39. The third-order valence-electron chi connectivity index (χ3n) is 0.643. The van der Waals surface area contributed by atoms with E-state index >= 15 is 0 Å². The highest BCUT2D eigenvalue weighted by Crippen LogP contribution is 1.56. The maximum Gasteiger partial charge on any atom is 0.216 e. The molecular formula is C4H11N3O. The van der Waals surface area contributed by atoms with E-state index in [2.05, 4.69) is 10.7 Å². The summed E-state index contributed by atoms with van der Waals surface area (Å²) in [7, 11) is 0. The molecule has 0 aromatic rings. The van der Waals surface area contributed by atoms with Crippen LogP contribution in [0.3, 0.4) is 0 Å². The lowest BCUT2D eigenvalue weighted by Gasteiger charge is -1.97. The van der Waals surface area contributed by atoms with Gasteiger partial charge in [0, 0.05) is 20.0 Å². The van der Waals surface area contributed by atoms with Crippen LogP contribution in [-0.4, -0.2) is 19.0 Å². The Kier molecular flexibility index (Phi) is 4.20. The number of amides is 1. The van der Waals surface area contributed by atoms with E-state index in [9.17, 15) is 4.79 Å². The van der Waals surface area contributed by atoms with Gasteiger partial charge in [-0.05, 0) is 0 Å². The van der Waals surface area contributed by atoms with Gasteiger partial charge < -0.3 is 5.32 Å². The van der Waals surface area contributed by atoms with Gasteiger partial charge in [0.25, 0.3) is 0 Å². The van der Waals surface area contributed by atoms with Crippen molar-refractivity contribution < 1.29 is 4.79 Å². The maximum absolute atomic E-state index is 10.1. The summed E-state index contributed by atoms with van der Waals surface area (Å²) in [6.07, 6.45) is 0. The molecule has 0 bridgehead atoms. The minimum absolute atomic E-state index is 0.0275. The zero-order valence-electron chi connectivity index (χ0n) is 4.90. The molecule has 0 aliphatic carbocycles. The Labute approximate surface area is 48.4 Å². The monoisotopic (exact) mass is 117 g/mol. The molecule has 0 aliphatic heterocycles. The standard InChI is InChI=1S/C4H11N3O/c1-4(8)6-2-3-7-5/h7H,2-3,5H2,1H3,(H,6,8). The number of carbonyl (C=O) groups is 1. The van der Waals surface area contributed by atoms with E-state index in [4.69, 9.17) is 5.84 Å². The molecule has 0 aliphatic rings. The first-order chi connectivity index (χ1) is 3.77. The number of nitrogens with two attached hydrogens (primary N) is 1. The summed E-state index contributed by atoms with van der Waals surface area (Å²) in [5, 5.41) is 2.56. The summed E-state index contributed by atoms with van der Waals surface area (Å²) < 4.78 is 0. The largest absolute Gasteiger partial charge is 0.355 e. The molecule has 0 fully saturated rings. The van der Waals surface area contributed by atoms with Crippen LogP contribution in [0.25, 0.3) is 0 Å². The van der Waals surface area contributed by atoms with Crippen molar-refractivity contribution in [3.05, 3.63) is 0 Å². The lowest BCUT2D eigenvalue weighted by atomic mass is 10.6. The molecule has 0 atom stereocenters. The van der Waals surface area contributed by atoms with Crippen LogP contribution in [0, 0.1) is 0 Å². The fourth-order valence-electron chi connectivity index (χ4n) is 0.311. The van der Waals surface area contributed by atoms with Gasteiger partial charge >= 0.3 is 0 Å². The molecule has 0 aromatic heterocycles. The van der Waals surface area contributed by atoms with Crippen LogP contribution in [0.15, 0.2) is 0 Å². The van der Waals surface area contributed by atoms with Crippen molar-refractivity contribution in [2.45, 2.75) is 6.92 Å². The van der Waals surface area contributed by atoms with E-state index in [0.717, 1.165) is 0 Å². The maximum atomic E-state index is 10.1. The highest BCUT2D eigenvalue weighted by molar-refractivity contribution is 5.72. The highest BCUT2D eigenvalue weighted by Gasteiger charge is 1.85. The fourth-order valence-corrected chi connectivity index (χ4v) is 0.311. The van der Waals surface area contributed by atoms with Gasteiger partial charge in [-0.15, -0.1) is 0 Å². The number of hydrazine groups is 1. The first-order valence-corrected chi connectivity index (χ1v) is 2.45. The van der Waals surface area contributed by atoms with E-state index < -0.39 is 0 Å². The second kappa shape index (κ2) is 4.55. The van der Waals surface area contributed by atoms with Crippen molar-refractivity contribution in [1.82, 2.24) is 10.7 Å². The normalized spacial score (nSPS) is 8.75. The molecule has 0 spiro atoms. The summed E-state index contributed by atoms with van der Waals surface area (Å²) in [4.78, 5) is 10.1. The van der Waals surface area contributed by atoms with Crippen LogP contribution in [0.1, 0.15) is 6.92 Å². The zero-order valence-corrected chi connectivity index (χ0v) is 4.90. The van der Waals surface area contributed by atoms with Crippen LogP contribution in [-0.2, 0) is 4.79 Å². The molecule has 0 saturated heterocycles. The van der Waals surface area contributed by atoms with Gasteiger partial charge in [0.05, 0.1) is 0 Å². The van der Waals surface area contributed by atoms with E-state index in [1.54, 1.807) is 0 Å². The van der Waals surface area contributed by atoms with Gasteiger partial charge in [-0.25, -0.2) is 0 Å². The van der Waals surface area contributed by atoms with Gasteiger partial charge in [-0.1, -0.05) is 0 Å². The molecule has 4 N–H and O–H groups in total. The van der Waals surface area contributed by atoms with Crippen molar-refractivity contribution in [2.75, 3.05) is 13.1 Å². The van der Waals surface area contributed by atoms with Crippen LogP contribution < -0.4 is 16.6 Å². The second-order valence-corrected chi connectivity index (χ2v) is 1.44. The number of nitrogens with one attached hydrogen (secondary N) is 2. The molecule has 1 amide bonds. The molecule has 0 heterocycles. The van der Waals surface area contributed by atoms with Crippen LogP contribution in [0.5, 0.6) is 0 Å². The smallest absolute Gasteiger partial charge is 0.216 e. The molecule has 0 saturated carbocycles. The average Bonchev–Trinajstić information content (AvgIpc) is 1.66. The van der Waals surface area contributed by atoms with E-state index in [1.165, 1.54) is 6.92 Å². The molecule has 8 heavy (non-hydrogen) atoms. The van der Waals surface area contributed by atoms with E-state index in [0.29, 0.717) is 13.1 Å². The molecule has 0 unspecified atom stereocenters. The summed E-state index contributed by atoms with van der Waals surface area (Å²) >= 11 is 0. The highest BCUT2D eigenvalue weighted by atomic mass is 16.1. The topological polar surface area (TPSA) is 67.2 Å². The summed E-state index contributed by atoms with van der Waals surface area (Å²) in [5.74, 6) is 4.89. The first-order valence-electron chi connectivity index (χ1n) is 2.45. The third-order valence-corrected chi connectivity index (χ3v) is 0.643. The van der Waals surface area contributed by atoms with E-state index in [1.807, 2.05) is 0 Å². The SMILES string of the molecule is CC(=O)NCCNN. The Bertz CT molecular complexity index is 73.7. The Morgan fingerprint density at radius 2 is 2.25 bits per heavy atom. The van der Waals surface area contributed by atoms with Gasteiger partial charge in [-0.3, -0.25) is 16.1 Å². The lowest BCUT2D eigenvalue weighted by Crippen LogP contribution is -2.33. The van der Waals surface area contributed by atoms with Crippen molar-refractivity contribution >= 4 is 5.91 Å². The second-order valence-electron chi connectivity index (χ2n) is 1.44. The fraction of sp³-hybridized carbons (Fsp3) is 0.750. The van der Waals surface area contributed by atoms with Crippen LogP contribution in [0.2, 0.25) is 0 Å². The number of carbonyl (C=O) groups excluding carboxylic acids is 1. The predicted octanol–water partition coefficient (Wildman–Crippen LogP) is -1.41. The summed E-state index contributed by atoms with van der Waals surface area (Å²) in [6.45, 7) is 2.67. The molecular weight excluding hydrogens is 106 g/mol. The number of hydrogen-bond donors (Lipinski definition) is 3. The van der Waals surface area contributed by atoms with Crippen molar-refractivity contribution in [1.29, 1.82) is 0 Å². The summed E-state index contributed by atoms with van der Waals surface area (Å²) in [6, 6.07) is 0. The van der Waals surface area contributed by atoms with Crippen LogP contribution >= 0.6 is 0 Å². The Morgan fingerprint density at radius 1 is 1.62 bits per heavy atom. The Hall–Kier alpha value is -0.610.